The van der Waals surface area contributed by atoms with E-state index in [1.165, 1.54) is 32.4 Å². The monoisotopic (exact) mass is 429 g/mol. The van der Waals surface area contributed by atoms with Gasteiger partial charge in [-0.2, -0.15) is 0 Å². The van der Waals surface area contributed by atoms with Crippen LogP contribution in [-0.4, -0.2) is 43.3 Å². The fourth-order valence-electron chi connectivity index (χ4n) is 3.41. The Morgan fingerprint density at radius 2 is 1.45 bits per heavy atom. The molecule has 2 heterocycles. The van der Waals surface area contributed by atoms with Gasteiger partial charge in [0, 0.05) is 17.7 Å². The zero-order valence-corrected chi connectivity index (χ0v) is 17.2. The normalized spacial score (nSPS) is 18.5. The molecular formula is C22H23NO8. The molecule has 0 saturated heterocycles. The van der Waals surface area contributed by atoms with E-state index in [9.17, 15) is 19.7 Å². The second kappa shape index (κ2) is 9.92. The molecule has 2 atom stereocenters. The van der Waals surface area contributed by atoms with Gasteiger partial charge in [0.25, 0.3) is 5.69 Å². The van der Waals surface area contributed by atoms with Crippen molar-refractivity contribution in [3.8, 4) is 11.5 Å². The van der Waals surface area contributed by atoms with E-state index in [1.54, 1.807) is 0 Å². The number of hydrogen-bond acceptors (Lipinski definition) is 8. The molecule has 0 aromatic heterocycles. The molecule has 0 saturated carbocycles. The second-order valence-corrected chi connectivity index (χ2v) is 6.99. The Morgan fingerprint density at radius 1 is 0.903 bits per heavy atom. The van der Waals surface area contributed by atoms with Gasteiger partial charge in [0.1, 0.15) is 11.5 Å². The molecular weight excluding hydrogens is 406 g/mol. The number of aryl methyl sites for hydroxylation is 2. The van der Waals surface area contributed by atoms with Crippen LogP contribution < -0.4 is 9.47 Å². The van der Waals surface area contributed by atoms with Gasteiger partial charge in [0.15, 0.2) is 12.2 Å². The van der Waals surface area contributed by atoms with Gasteiger partial charge in [-0.05, 0) is 43.4 Å². The smallest absolute Gasteiger partial charge is 0.347 e. The summed E-state index contributed by atoms with van der Waals surface area (Å²) < 4.78 is 20.2. The molecule has 0 spiro atoms. The van der Waals surface area contributed by atoms with Crippen LogP contribution in [0.25, 0.3) is 0 Å². The maximum atomic E-state index is 11.3. The first kappa shape index (κ1) is 22.1. The molecule has 31 heavy (non-hydrogen) atoms. The molecule has 9 nitrogen and oxygen atoms in total. The van der Waals surface area contributed by atoms with Crippen molar-refractivity contribution >= 4 is 17.6 Å². The fourth-order valence-corrected chi connectivity index (χ4v) is 3.41. The van der Waals surface area contributed by atoms with Gasteiger partial charge < -0.3 is 18.9 Å². The highest BCUT2D eigenvalue weighted by Crippen LogP contribution is 2.31. The van der Waals surface area contributed by atoms with E-state index < -0.39 is 23.1 Å². The van der Waals surface area contributed by atoms with Crippen LogP contribution >= 0.6 is 0 Å². The van der Waals surface area contributed by atoms with Crippen molar-refractivity contribution in [2.24, 2.45) is 0 Å². The summed E-state index contributed by atoms with van der Waals surface area (Å²) in [5, 5.41) is 10.6. The molecule has 2 aromatic rings. The maximum Gasteiger partial charge on any atom is 0.347 e. The lowest BCUT2D eigenvalue weighted by atomic mass is 10.0. The van der Waals surface area contributed by atoms with E-state index in [2.05, 4.69) is 9.47 Å². The number of carbonyl (C=O) groups excluding carboxylic acids is 2. The molecule has 0 aliphatic carbocycles. The van der Waals surface area contributed by atoms with Crippen molar-refractivity contribution in [3.05, 3.63) is 63.7 Å². The summed E-state index contributed by atoms with van der Waals surface area (Å²) in [5.74, 6) is 0.597. The highest BCUT2D eigenvalue weighted by Gasteiger charge is 2.28. The quantitative estimate of drug-likeness (QED) is 0.416. The summed E-state index contributed by atoms with van der Waals surface area (Å²) >= 11 is 0. The largest absolute Gasteiger partial charge is 0.478 e. The summed E-state index contributed by atoms with van der Waals surface area (Å²) in [6.45, 7) is 0. The fraction of sp³-hybridized carbons (Fsp3) is 0.364. The first-order valence-electron chi connectivity index (χ1n) is 9.77. The zero-order valence-electron chi connectivity index (χ0n) is 17.2. The Kier molecular flexibility index (Phi) is 7.07. The number of hydrogen-bond donors (Lipinski definition) is 0. The summed E-state index contributed by atoms with van der Waals surface area (Å²) in [4.78, 5) is 32.7. The standard InChI is InChI=1S/C11H11NO5.C11H12O3/c1-16-11(13)10-4-2-7-6-8(12(14)15)3-5-9(7)17-10;1-13-11(12)10-7-6-8-4-2-3-5-9(8)14-10/h3,5-6,10H,2,4H2,1H3;2-5,10H,6-7H2,1H3. The second-order valence-electron chi connectivity index (χ2n) is 6.99. The van der Waals surface area contributed by atoms with Crippen LogP contribution in [0.3, 0.4) is 0 Å². The van der Waals surface area contributed by atoms with Crippen LogP contribution in [-0.2, 0) is 31.9 Å². The lowest BCUT2D eigenvalue weighted by molar-refractivity contribution is -0.385. The minimum atomic E-state index is -0.617. The molecule has 9 heteroatoms. The minimum absolute atomic E-state index is 0.0314. The Morgan fingerprint density at radius 3 is 2.03 bits per heavy atom. The number of ether oxygens (including phenoxy) is 4. The molecule has 2 unspecified atom stereocenters. The van der Waals surface area contributed by atoms with Crippen LogP contribution in [0.2, 0.25) is 0 Å². The number of nitro groups is 1. The zero-order chi connectivity index (χ0) is 22.4. The highest BCUT2D eigenvalue weighted by molar-refractivity contribution is 5.76. The van der Waals surface area contributed by atoms with Crippen LogP contribution in [0.4, 0.5) is 5.69 Å². The number of nitro benzene ring substituents is 1. The Labute approximate surface area is 179 Å². The van der Waals surface area contributed by atoms with Crippen molar-refractivity contribution in [1.82, 2.24) is 0 Å². The number of carbonyl (C=O) groups is 2. The van der Waals surface area contributed by atoms with Crippen LogP contribution in [0.15, 0.2) is 42.5 Å². The first-order valence-corrected chi connectivity index (χ1v) is 9.77. The number of fused-ring (bicyclic) bond motifs is 2. The highest BCUT2D eigenvalue weighted by atomic mass is 16.6. The van der Waals surface area contributed by atoms with E-state index in [4.69, 9.17) is 9.47 Å². The number of rotatable bonds is 3. The van der Waals surface area contributed by atoms with Gasteiger partial charge in [0.2, 0.25) is 0 Å². The number of methoxy groups -OCH3 is 2. The Hall–Kier alpha value is -3.62. The molecule has 0 fully saturated rings. The summed E-state index contributed by atoms with van der Waals surface area (Å²) in [7, 11) is 2.68. The van der Waals surface area contributed by atoms with E-state index in [0.717, 1.165) is 23.3 Å². The third kappa shape index (κ3) is 5.30. The van der Waals surface area contributed by atoms with E-state index >= 15 is 0 Å². The van der Waals surface area contributed by atoms with E-state index in [-0.39, 0.29) is 11.7 Å². The number of benzene rings is 2. The molecule has 2 aromatic carbocycles. The Bertz CT molecular complexity index is 974. The average molecular weight is 429 g/mol. The molecule has 0 N–H and O–H groups in total. The SMILES string of the molecule is COC(=O)C1CCc2cc([N+](=O)[O-])ccc2O1.COC(=O)C1CCc2ccccc2O1. The molecule has 2 aliphatic heterocycles. The predicted octanol–water partition coefficient (Wildman–Crippen LogP) is 3.01. The minimum Gasteiger partial charge on any atom is -0.478 e. The van der Waals surface area contributed by atoms with Crippen LogP contribution in [0.1, 0.15) is 24.0 Å². The lowest BCUT2D eigenvalue weighted by Crippen LogP contribution is -2.32. The van der Waals surface area contributed by atoms with Crippen molar-refractivity contribution in [2.45, 2.75) is 37.9 Å². The summed E-state index contributed by atoms with van der Waals surface area (Å²) in [5.41, 5.74) is 1.94. The van der Waals surface area contributed by atoms with E-state index in [0.29, 0.717) is 25.0 Å². The number of esters is 2. The molecule has 2 aliphatic rings. The molecule has 4 rings (SSSR count). The average Bonchev–Trinajstić information content (AvgIpc) is 2.82. The first-order chi connectivity index (χ1) is 14.9. The van der Waals surface area contributed by atoms with Gasteiger partial charge in [-0.3, -0.25) is 10.1 Å². The van der Waals surface area contributed by atoms with Crippen LogP contribution in [0.5, 0.6) is 11.5 Å². The summed E-state index contributed by atoms with van der Waals surface area (Å²) in [6, 6.07) is 12.1. The van der Waals surface area contributed by atoms with Gasteiger partial charge in [0.05, 0.1) is 19.1 Å². The number of nitrogens with zero attached hydrogens (tertiary/aromatic N) is 1. The Balaban J connectivity index is 0.000000179. The van der Waals surface area contributed by atoms with E-state index in [1.807, 2.05) is 24.3 Å². The van der Waals surface area contributed by atoms with Crippen molar-refractivity contribution < 1.29 is 33.5 Å². The van der Waals surface area contributed by atoms with Crippen molar-refractivity contribution in [1.29, 1.82) is 0 Å². The van der Waals surface area contributed by atoms with Gasteiger partial charge in [-0.25, -0.2) is 9.59 Å². The third-order valence-corrected chi connectivity index (χ3v) is 5.05. The lowest BCUT2D eigenvalue weighted by Gasteiger charge is -2.23. The molecule has 0 amide bonds. The third-order valence-electron chi connectivity index (χ3n) is 5.05. The van der Waals surface area contributed by atoms with Crippen molar-refractivity contribution in [2.75, 3.05) is 14.2 Å². The molecule has 164 valence electrons. The van der Waals surface area contributed by atoms with Crippen molar-refractivity contribution in [3.63, 3.8) is 0 Å². The van der Waals surface area contributed by atoms with Gasteiger partial charge in [-0.15, -0.1) is 0 Å². The number of non-ortho nitro benzene ring substituents is 1. The molecule has 0 bridgehead atoms. The number of para-hydroxylation sites is 1. The van der Waals surface area contributed by atoms with Gasteiger partial charge >= 0.3 is 11.9 Å². The predicted molar refractivity (Wildman–Crippen MR) is 109 cm³/mol. The topological polar surface area (TPSA) is 114 Å². The maximum absolute atomic E-state index is 11.3. The van der Waals surface area contributed by atoms with Gasteiger partial charge in [-0.1, -0.05) is 18.2 Å². The summed E-state index contributed by atoms with van der Waals surface area (Å²) in [6.07, 6.45) is 1.56. The molecule has 0 radical (unpaired) electrons. The van der Waals surface area contributed by atoms with Crippen LogP contribution in [0, 0.1) is 10.1 Å².